The summed E-state index contributed by atoms with van der Waals surface area (Å²) >= 11 is 0. The van der Waals surface area contributed by atoms with Crippen LogP contribution in [0.5, 0.6) is 0 Å². The molecule has 0 aliphatic heterocycles. The number of carboxylic acids is 1. The number of aliphatic carboxylic acids is 1. The van der Waals surface area contributed by atoms with Crippen LogP contribution in [0, 0.1) is 5.92 Å². The molecule has 0 bridgehead atoms. The molecule has 0 saturated carbocycles. The minimum atomic E-state index is -0.808. The predicted octanol–water partition coefficient (Wildman–Crippen LogP) is 1.77. The molecular weight excluding hydrogens is 244 g/mol. The van der Waals surface area contributed by atoms with Gasteiger partial charge in [0, 0.05) is 19.0 Å². The fourth-order valence-corrected chi connectivity index (χ4v) is 1.82. The zero-order valence-corrected chi connectivity index (χ0v) is 12.5. The minimum absolute atomic E-state index is 0.0742. The first-order valence-electron chi connectivity index (χ1n) is 7.08. The molecule has 0 spiro atoms. The van der Waals surface area contributed by atoms with Crippen LogP contribution in [0.2, 0.25) is 0 Å². The van der Waals surface area contributed by atoms with Crippen LogP contribution in [-0.4, -0.2) is 35.6 Å². The maximum absolute atomic E-state index is 11.4. The van der Waals surface area contributed by atoms with Gasteiger partial charge in [0.1, 0.15) is 6.04 Å². The summed E-state index contributed by atoms with van der Waals surface area (Å²) in [5.41, 5.74) is 0. The maximum Gasteiger partial charge on any atom is 0.320 e. The van der Waals surface area contributed by atoms with Crippen LogP contribution in [-0.2, 0) is 9.59 Å². The van der Waals surface area contributed by atoms with Gasteiger partial charge in [-0.05, 0) is 25.2 Å². The molecule has 5 heteroatoms. The molecule has 1 atom stereocenters. The van der Waals surface area contributed by atoms with Crippen molar-refractivity contribution in [1.82, 2.24) is 10.6 Å². The first kappa shape index (κ1) is 17.9. The van der Waals surface area contributed by atoms with Gasteiger partial charge in [0.2, 0.25) is 5.91 Å². The normalized spacial score (nSPS) is 12.7. The fourth-order valence-electron chi connectivity index (χ4n) is 1.82. The predicted molar refractivity (Wildman–Crippen MR) is 76.0 cm³/mol. The van der Waals surface area contributed by atoms with Gasteiger partial charge in [-0.3, -0.25) is 9.59 Å². The van der Waals surface area contributed by atoms with Crippen molar-refractivity contribution in [2.75, 3.05) is 6.54 Å². The molecular formula is C14H28N2O3. The van der Waals surface area contributed by atoms with Crippen molar-refractivity contribution in [3.8, 4) is 0 Å². The van der Waals surface area contributed by atoms with Gasteiger partial charge in [-0.25, -0.2) is 0 Å². The summed E-state index contributed by atoms with van der Waals surface area (Å²) in [4.78, 5) is 22.4. The van der Waals surface area contributed by atoms with Gasteiger partial charge in [0.05, 0.1) is 0 Å². The van der Waals surface area contributed by atoms with Gasteiger partial charge in [-0.1, -0.05) is 27.7 Å². The maximum atomic E-state index is 11.4. The first-order valence-corrected chi connectivity index (χ1v) is 7.08. The number of amides is 1. The van der Waals surface area contributed by atoms with E-state index in [0.29, 0.717) is 25.3 Å². The van der Waals surface area contributed by atoms with Crippen molar-refractivity contribution in [3.05, 3.63) is 0 Å². The molecule has 3 N–H and O–H groups in total. The Balaban J connectivity index is 3.71. The molecule has 112 valence electrons. The molecule has 0 aliphatic carbocycles. The third-order valence-electron chi connectivity index (χ3n) is 2.67. The molecule has 0 aromatic carbocycles. The molecule has 0 heterocycles. The van der Waals surface area contributed by atoms with E-state index in [2.05, 4.69) is 10.6 Å². The quantitative estimate of drug-likeness (QED) is 0.530. The number of rotatable bonds is 10. The van der Waals surface area contributed by atoms with Gasteiger partial charge < -0.3 is 15.7 Å². The zero-order chi connectivity index (χ0) is 14.8. The summed E-state index contributed by atoms with van der Waals surface area (Å²) in [7, 11) is 0. The summed E-state index contributed by atoms with van der Waals surface area (Å²) in [5.74, 6) is -0.366. The lowest BCUT2D eigenvalue weighted by Gasteiger charge is -2.17. The second kappa shape index (κ2) is 9.78. The largest absolute Gasteiger partial charge is 0.480 e. The standard InChI is InChI=1S/C14H28N2O3/c1-10(2)9-13(17)15-8-6-5-7-12(14(18)19)16-11(3)4/h10-12,16H,5-9H2,1-4H3,(H,15,17)(H,18,19)/t12-/m1/s1. The van der Waals surface area contributed by atoms with Crippen LogP contribution >= 0.6 is 0 Å². The van der Waals surface area contributed by atoms with E-state index < -0.39 is 12.0 Å². The molecule has 0 fully saturated rings. The highest BCUT2D eigenvalue weighted by atomic mass is 16.4. The lowest BCUT2D eigenvalue weighted by molar-refractivity contribution is -0.140. The monoisotopic (exact) mass is 272 g/mol. The van der Waals surface area contributed by atoms with E-state index in [1.54, 1.807) is 0 Å². The van der Waals surface area contributed by atoms with Gasteiger partial charge in [-0.2, -0.15) is 0 Å². The first-order chi connectivity index (χ1) is 8.82. The van der Waals surface area contributed by atoms with Crippen LogP contribution < -0.4 is 10.6 Å². The molecule has 19 heavy (non-hydrogen) atoms. The van der Waals surface area contributed by atoms with E-state index in [0.717, 1.165) is 12.8 Å². The fraction of sp³-hybridized carbons (Fsp3) is 0.857. The number of nitrogens with one attached hydrogen (secondary N) is 2. The average Bonchev–Trinajstić information content (AvgIpc) is 2.25. The Bertz CT molecular complexity index is 278. The van der Waals surface area contributed by atoms with Crippen molar-refractivity contribution < 1.29 is 14.7 Å². The summed E-state index contributed by atoms with van der Waals surface area (Å²) in [6, 6.07) is -0.335. The third kappa shape index (κ3) is 10.5. The van der Waals surface area contributed by atoms with Gasteiger partial charge in [0.15, 0.2) is 0 Å². The van der Waals surface area contributed by atoms with Gasteiger partial charge >= 0.3 is 5.97 Å². The lowest BCUT2D eigenvalue weighted by Crippen LogP contribution is -2.40. The Hall–Kier alpha value is -1.10. The second-order valence-electron chi connectivity index (χ2n) is 5.66. The number of carboxylic acid groups (broad SMARTS) is 1. The number of carbonyl (C=O) groups excluding carboxylic acids is 1. The number of hydrogen-bond acceptors (Lipinski definition) is 3. The smallest absolute Gasteiger partial charge is 0.320 e. The summed E-state index contributed by atoms with van der Waals surface area (Å²) in [6.45, 7) is 8.51. The van der Waals surface area contributed by atoms with E-state index in [9.17, 15) is 9.59 Å². The zero-order valence-electron chi connectivity index (χ0n) is 12.5. The molecule has 0 saturated heterocycles. The van der Waals surface area contributed by atoms with E-state index in [-0.39, 0.29) is 11.9 Å². The lowest BCUT2D eigenvalue weighted by atomic mass is 10.1. The highest BCUT2D eigenvalue weighted by Gasteiger charge is 2.17. The highest BCUT2D eigenvalue weighted by molar-refractivity contribution is 5.76. The number of carbonyl (C=O) groups is 2. The SMILES string of the molecule is CC(C)CC(=O)NCCCC[C@@H](NC(C)C)C(=O)O. The van der Waals surface area contributed by atoms with Crippen molar-refractivity contribution in [2.45, 2.75) is 65.5 Å². The molecule has 5 nitrogen and oxygen atoms in total. The Labute approximate surface area is 116 Å². The van der Waals surface area contributed by atoms with E-state index in [1.807, 2.05) is 27.7 Å². The average molecular weight is 272 g/mol. The molecule has 1 amide bonds. The van der Waals surface area contributed by atoms with Crippen LogP contribution in [0.4, 0.5) is 0 Å². The molecule has 0 aliphatic rings. The second-order valence-corrected chi connectivity index (χ2v) is 5.66. The molecule has 0 rings (SSSR count). The van der Waals surface area contributed by atoms with Crippen LogP contribution in [0.1, 0.15) is 53.4 Å². The van der Waals surface area contributed by atoms with E-state index in [4.69, 9.17) is 5.11 Å². The van der Waals surface area contributed by atoms with Crippen molar-refractivity contribution in [2.24, 2.45) is 5.92 Å². The molecule has 0 unspecified atom stereocenters. The van der Waals surface area contributed by atoms with Crippen molar-refractivity contribution in [3.63, 3.8) is 0 Å². The van der Waals surface area contributed by atoms with E-state index in [1.165, 1.54) is 0 Å². The third-order valence-corrected chi connectivity index (χ3v) is 2.67. The topological polar surface area (TPSA) is 78.4 Å². The van der Waals surface area contributed by atoms with Crippen LogP contribution in [0.15, 0.2) is 0 Å². The Morgan fingerprint density at radius 2 is 1.74 bits per heavy atom. The summed E-state index contributed by atoms with van der Waals surface area (Å²) in [6.07, 6.45) is 2.74. The summed E-state index contributed by atoms with van der Waals surface area (Å²) < 4.78 is 0. The van der Waals surface area contributed by atoms with Crippen molar-refractivity contribution >= 4 is 11.9 Å². The Kier molecular flexibility index (Phi) is 9.21. The molecule has 0 aromatic heterocycles. The number of hydrogen-bond donors (Lipinski definition) is 3. The van der Waals surface area contributed by atoms with Crippen LogP contribution in [0.3, 0.4) is 0 Å². The molecule has 0 aromatic rings. The van der Waals surface area contributed by atoms with Crippen molar-refractivity contribution in [1.29, 1.82) is 0 Å². The Morgan fingerprint density at radius 1 is 1.11 bits per heavy atom. The van der Waals surface area contributed by atoms with Gasteiger partial charge in [-0.15, -0.1) is 0 Å². The van der Waals surface area contributed by atoms with Crippen LogP contribution in [0.25, 0.3) is 0 Å². The van der Waals surface area contributed by atoms with Gasteiger partial charge in [0.25, 0.3) is 0 Å². The summed E-state index contributed by atoms with van der Waals surface area (Å²) in [5, 5.41) is 14.9. The molecule has 0 radical (unpaired) electrons. The highest BCUT2D eigenvalue weighted by Crippen LogP contribution is 2.03. The number of unbranched alkanes of at least 4 members (excludes halogenated alkanes) is 1. The van der Waals surface area contributed by atoms with E-state index >= 15 is 0 Å². The minimum Gasteiger partial charge on any atom is -0.480 e. The Morgan fingerprint density at radius 3 is 2.21 bits per heavy atom.